The van der Waals surface area contributed by atoms with Crippen LogP contribution in [0.2, 0.25) is 0 Å². The van der Waals surface area contributed by atoms with Crippen molar-refractivity contribution in [2.45, 2.75) is 18.4 Å². The molecule has 0 saturated carbocycles. The van der Waals surface area contributed by atoms with Gasteiger partial charge in [-0.05, 0) is 19.1 Å². The molecule has 0 N–H and O–H groups in total. The summed E-state index contributed by atoms with van der Waals surface area (Å²) >= 11 is 0. The molecule has 0 aliphatic rings. The summed E-state index contributed by atoms with van der Waals surface area (Å²) < 4.78 is 58.7. The molecule has 20 heavy (non-hydrogen) atoms. The number of ether oxygens (including phenoxy) is 1. The Morgan fingerprint density at radius 2 is 2.05 bits per heavy atom. The molecule has 10 heteroatoms. The lowest BCUT2D eigenvalue weighted by atomic mass is 10.3. The van der Waals surface area contributed by atoms with E-state index >= 15 is 0 Å². The first-order valence-electron chi connectivity index (χ1n) is 5.13. The van der Waals surface area contributed by atoms with Gasteiger partial charge in [0.1, 0.15) is 4.90 Å². The third-order valence-corrected chi connectivity index (χ3v) is 3.53. The van der Waals surface area contributed by atoms with Crippen LogP contribution < -0.4 is 4.74 Å². The molecule has 0 radical (unpaired) electrons. The summed E-state index contributed by atoms with van der Waals surface area (Å²) in [4.78, 5) is 2.84. The molecule has 1 aromatic heterocycles. The van der Waals surface area contributed by atoms with Crippen molar-refractivity contribution >= 4 is 19.7 Å². The molecule has 0 unspecified atom stereocenters. The Balaban J connectivity index is 2.24. The lowest BCUT2D eigenvalue weighted by molar-refractivity contribution is 0.231. The van der Waals surface area contributed by atoms with Gasteiger partial charge in [-0.3, -0.25) is 0 Å². The van der Waals surface area contributed by atoms with Gasteiger partial charge in [-0.25, -0.2) is 12.8 Å². The Morgan fingerprint density at radius 1 is 1.35 bits per heavy atom. The molecule has 0 fully saturated rings. The standard InChI is InChI=1S/C10H7ClF2N2O4S/c1-5-14-8(19-15-5)4-18-6-2-3-7(20(11,16)17)10(13)9(6)12/h2-3H,4H2,1H3. The highest BCUT2D eigenvalue weighted by Gasteiger charge is 2.22. The molecule has 0 bridgehead atoms. The Kier molecular flexibility index (Phi) is 3.91. The van der Waals surface area contributed by atoms with Crippen molar-refractivity contribution in [2.75, 3.05) is 0 Å². The molecule has 6 nitrogen and oxygen atoms in total. The molecule has 1 aromatic carbocycles. The first-order chi connectivity index (χ1) is 9.29. The second-order valence-corrected chi connectivity index (χ2v) is 6.19. The monoisotopic (exact) mass is 324 g/mol. The normalized spacial score (nSPS) is 11.6. The summed E-state index contributed by atoms with van der Waals surface area (Å²) in [6.45, 7) is 1.29. The van der Waals surface area contributed by atoms with Crippen molar-refractivity contribution in [3.63, 3.8) is 0 Å². The van der Waals surface area contributed by atoms with Crippen molar-refractivity contribution in [3.05, 3.63) is 35.5 Å². The van der Waals surface area contributed by atoms with Gasteiger partial charge in [0, 0.05) is 10.7 Å². The molecule has 0 saturated heterocycles. The van der Waals surface area contributed by atoms with E-state index in [1.807, 2.05) is 0 Å². The van der Waals surface area contributed by atoms with Crippen LogP contribution in [0.5, 0.6) is 5.75 Å². The van der Waals surface area contributed by atoms with Crippen molar-refractivity contribution in [3.8, 4) is 5.75 Å². The van der Waals surface area contributed by atoms with Crippen molar-refractivity contribution in [1.82, 2.24) is 10.1 Å². The zero-order chi connectivity index (χ0) is 14.9. The number of hydrogen-bond acceptors (Lipinski definition) is 6. The fourth-order valence-corrected chi connectivity index (χ4v) is 2.24. The van der Waals surface area contributed by atoms with E-state index in [9.17, 15) is 17.2 Å². The highest BCUT2D eigenvalue weighted by Crippen LogP contribution is 2.27. The number of aryl methyl sites for hydroxylation is 1. The number of aromatic nitrogens is 2. The third-order valence-electron chi connectivity index (χ3n) is 2.19. The second kappa shape index (κ2) is 5.33. The molecule has 1 heterocycles. The zero-order valence-corrected chi connectivity index (χ0v) is 11.5. The maximum Gasteiger partial charge on any atom is 0.264 e. The fraction of sp³-hybridized carbons (Fsp3) is 0.200. The van der Waals surface area contributed by atoms with Gasteiger partial charge < -0.3 is 9.26 Å². The van der Waals surface area contributed by atoms with Crippen LogP contribution in [0.1, 0.15) is 11.7 Å². The summed E-state index contributed by atoms with van der Waals surface area (Å²) in [5.41, 5.74) is 0. The van der Waals surface area contributed by atoms with Gasteiger partial charge >= 0.3 is 0 Å². The second-order valence-electron chi connectivity index (χ2n) is 3.65. The Hall–Kier alpha value is -1.74. The summed E-state index contributed by atoms with van der Waals surface area (Å²) in [7, 11) is 0.580. The molecule has 2 aromatic rings. The van der Waals surface area contributed by atoms with Gasteiger partial charge in [0.25, 0.3) is 14.9 Å². The van der Waals surface area contributed by atoms with Crippen molar-refractivity contribution in [2.24, 2.45) is 0 Å². The van der Waals surface area contributed by atoms with Crippen LogP contribution in [0.15, 0.2) is 21.6 Å². The topological polar surface area (TPSA) is 82.3 Å². The molecule has 0 aliphatic carbocycles. The van der Waals surface area contributed by atoms with E-state index in [1.165, 1.54) is 0 Å². The van der Waals surface area contributed by atoms with Crippen LogP contribution in [0.4, 0.5) is 8.78 Å². The van der Waals surface area contributed by atoms with Crippen LogP contribution >= 0.6 is 10.7 Å². The maximum absolute atomic E-state index is 13.6. The van der Waals surface area contributed by atoms with E-state index < -0.39 is 31.3 Å². The number of benzene rings is 1. The van der Waals surface area contributed by atoms with E-state index in [4.69, 9.17) is 19.9 Å². The summed E-state index contributed by atoms with van der Waals surface area (Å²) in [6.07, 6.45) is 0. The van der Waals surface area contributed by atoms with Gasteiger partial charge in [-0.2, -0.15) is 9.37 Å². The van der Waals surface area contributed by atoms with Crippen LogP contribution in [0.25, 0.3) is 0 Å². The minimum absolute atomic E-state index is 0.0661. The molecule has 0 aliphatic heterocycles. The number of rotatable bonds is 4. The van der Waals surface area contributed by atoms with Gasteiger partial charge in [0.05, 0.1) is 0 Å². The van der Waals surface area contributed by atoms with Gasteiger partial charge in [0.15, 0.2) is 24.0 Å². The number of nitrogens with zero attached hydrogens (tertiary/aromatic N) is 2. The van der Waals surface area contributed by atoms with Crippen LogP contribution in [0.3, 0.4) is 0 Å². The molecular weight excluding hydrogens is 318 g/mol. The molecule has 108 valence electrons. The minimum Gasteiger partial charge on any atom is -0.481 e. The smallest absolute Gasteiger partial charge is 0.264 e. The number of halogens is 3. The van der Waals surface area contributed by atoms with Crippen LogP contribution in [-0.4, -0.2) is 18.6 Å². The minimum atomic E-state index is -4.38. The van der Waals surface area contributed by atoms with E-state index in [0.717, 1.165) is 12.1 Å². The lowest BCUT2D eigenvalue weighted by Gasteiger charge is -2.07. The van der Waals surface area contributed by atoms with Crippen molar-refractivity contribution in [1.29, 1.82) is 0 Å². The molecule has 2 rings (SSSR count). The largest absolute Gasteiger partial charge is 0.481 e. The maximum atomic E-state index is 13.6. The molecular formula is C10H7ClF2N2O4S. The van der Waals surface area contributed by atoms with E-state index in [1.54, 1.807) is 6.92 Å². The van der Waals surface area contributed by atoms with E-state index in [0.29, 0.717) is 5.82 Å². The summed E-state index contributed by atoms with van der Waals surface area (Å²) in [5, 5.41) is 3.48. The molecule has 0 atom stereocenters. The Bertz CT molecular complexity index is 748. The zero-order valence-electron chi connectivity index (χ0n) is 9.93. The SMILES string of the molecule is Cc1noc(COc2ccc(S(=O)(=O)Cl)c(F)c2F)n1. The van der Waals surface area contributed by atoms with Gasteiger partial charge in [-0.15, -0.1) is 0 Å². The number of hydrogen-bond donors (Lipinski definition) is 0. The summed E-state index contributed by atoms with van der Waals surface area (Å²) in [5.74, 6) is -3.15. The molecule has 0 spiro atoms. The van der Waals surface area contributed by atoms with E-state index in [-0.39, 0.29) is 12.5 Å². The van der Waals surface area contributed by atoms with E-state index in [2.05, 4.69) is 10.1 Å². The average molecular weight is 325 g/mol. The average Bonchev–Trinajstić information content (AvgIpc) is 2.75. The van der Waals surface area contributed by atoms with Crippen molar-refractivity contribution < 1.29 is 26.5 Å². The van der Waals surface area contributed by atoms with Crippen LogP contribution in [0, 0.1) is 18.6 Å². The predicted octanol–water partition coefficient (Wildman–Crippen LogP) is 2.16. The highest BCUT2D eigenvalue weighted by molar-refractivity contribution is 8.13. The highest BCUT2D eigenvalue weighted by atomic mass is 35.7. The third kappa shape index (κ3) is 3.05. The predicted molar refractivity (Wildman–Crippen MR) is 62.8 cm³/mol. The Labute approximate surface area is 116 Å². The Morgan fingerprint density at radius 3 is 2.60 bits per heavy atom. The van der Waals surface area contributed by atoms with Gasteiger partial charge in [-0.1, -0.05) is 5.16 Å². The first-order valence-corrected chi connectivity index (χ1v) is 7.44. The lowest BCUT2D eigenvalue weighted by Crippen LogP contribution is -2.03. The first kappa shape index (κ1) is 14.7. The quantitative estimate of drug-likeness (QED) is 0.802. The molecule has 0 amide bonds. The fourth-order valence-electron chi connectivity index (χ4n) is 1.35. The van der Waals surface area contributed by atoms with Gasteiger partial charge in [0.2, 0.25) is 5.82 Å². The summed E-state index contributed by atoms with van der Waals surface area (Å²) in [6, 6.07) is 1.74. The van der Waals surface area contributed by atoms with Crippen LogP contribution in [-0.2, 0) is 15.7 Å².